The van der Waals surface area contributed by atoms with E-state index < -0.39 is 11.6 Å². The SMILES string of the molecule is C1CCNC1.O=c1oc2cc(N3CCCCC3)ccc2cc1-c1cccc(F)n1.O=c1oc2cc(N3CCCCC3)ccc2cc1-c1cccc(N2CCCC2)n1.O=c1oc2cc(N3CCNCC3)ccc2cc1-c1cccc(N2CCCC2)n1. The van der Waals surface area contributed by atoms with Crippen molar-refractivity contribution in [2.75, 3.05) is 116 Å². The van der Waals surface area contributed by atoms with Crippen LogP contribution in [0.15, 0.2) is 155 Å². The highest BCUT2D eigenvalue weighted by atomic mass is 19.1. The van der Waals surface area contributed by atoms with Crippen molar-refractivity contribution in [2.24, 2.45) is 0 Å². The maximum absolute atomic E-state index is 13.3. The van der Waals surface area contributed by atoms with Gasteiger partial charge in [0.25, 0.3) is 0 Å². The number of hydrogen-bond donors (Lipinski definition) is 2. The second-order valence-corrected chi connectivity index (χ2v) is 22.8. The molecule has 6 fully saturated rings. The fourth-order valence-electron chi connectivity index (χ4n) is 12.2. The van der Waals surface area contributed by atoms with E-state index in [1.165, 1.54) is 102 Å². The minimum atomic E-state index is -0.618. The Labute approximate surface area is 494 Å². The number of anilines is 5. The van der Waals surface area contributed by atoms with Gasteiger partial charge in [-0.05, 0) is 181 Å². The minimum absolute atomic E-state index is 0.271. The molecule has 0 aliphatic carbocycles. The van der Waals surface area contributed by atoms with Crippen LogP contribution in [0.3, 0.4) is 0 Å². The Morgan fingerprint density at radius 2 is 0.682 bits per heavy atom. The Kier molecular flexibility index (Phi) is 18.2. The number of nitrogens with one attached hydrogen (secondary N) is 2. The van der Waals surface area contributed by atoms with E-state index in [2.05, 4.69) is 58.3 Å². The van der Waals surface area contributed by atoms with E-state index in [-0.39, 0.29) is 22.5 Å². The normalized spacial score (nSPS) is 17.1. The molecule has 12 heterocycles. The van der Waals surface area contributed by atoms with Crippen molar-refractivity contribution in [3.8, 4) is 33.8 Å². The maximum Gasteiger partial charge on any atom is 0.345 e. The second-order valence-electron chi connectivity index (χ2n) is 22.8. The summed E-state index contributed by atoms with van der Waals surface area (Å²) in [6.07, 6.45) is 14.9. The lowest BCUT2D eigenvalue weighted by molar-refractivity contribution is 0.558. The van der Waals surface area contributed by atoms with Crippen molar-refractivity contribution in [2.45, 2.75) is 77.0 Å². The molecule has 15 rings (SSSR count). The number of pyridine rings is 3. The van der Waals surface area contributed by atoms with Crippen molar-refractivity contribution < 1.29 is 17.6 Å². The molecule has 17 heteroatoms. The Balaban J connectivity index is 0.000000120. The van der Waals surface area contributed by atoms with Gasteiger partial charge in [0, 0.05) is 130 Å². The van der Waals surface area contributed by atoms with Gasteiger partial charge in [0.15, 0.2) is 0 Å². The van der Waals surface area contributed by atoms with Crippen LogP contribution in [-0.4, -0.2) is 107 Å². The quantitative estimate of drug-likeness (QED) is 0.109. The van der Waals surface area contributed by atoms with E-state index in [1.54, 1.807) is 12.1 Å². The van der Waals surface area contributed by atoms with Gasteiger partial charge in [0.2, 0.25) is 5.95 Å². The van der Waals surface area contributed by atoms with E-state index in [1.807, 2.05) is 84.9 Å². The van der Waals surface area contributed by atoms with E-state index in [4.69, 9.17) is 23.2 Å². The fourth-order valence-corrected chi connectivity index (χ4v) is 12.2. The first-order chi connectivity index (χ1) is 41.8. The molecule has 0 atom stereocenters. The zero-order valence-corrected chi connectivity index (χ0v) is 48.4. The zero-order valence-electron chi connectivity index (χ0n) is 48.4. The highest BCUT2D eigenvalue weighted by Crippen LogP contribution is 2.31. The number of piperazine rings is 1. The fraction of sp³-hybridized carbons (Fsp3) is 0.382. The number of aromatic nitrogens is 3. The summed E-state index contributed by atoms with van der Waals surface area (Å²) >= 11 is 0. The zero-order chi connectivity index (χ0) is 57.9. The largest absolute Gasteiger partial charge is 0.422 e. The minimum Gasteiger partial charge on any atom is -0.422 e. The number of rotatable bonds is 8. The lowest BCUT2D eigenvalue weighted by Gasteiger charge is -2.29. The van der Waals surface area contributed by atoms with Crippen LogP contribution in [0.4, 0.5) is 33.1 Å². The summed E-state index contributed by atoms with van der Waals surface area (Å²) in [7, 11) is 0. The van der Waals surface area contributed by atoms with E-state index in [9.17, 15) is 18.8 Å². The van der Waals surface area contributed by atoms with Gasteiger partial charge >= 0.3 is 16.9 Å². The number of nitrogens with zero attached hydrogens (tertiary/aromatic N) is 8. The second kappa shape index (κ2) is 27.1. The third kappa shape index (κ3) is 13.9. The van der Waals surface area contributed by atoms with Crippen LogP contribution < -0.4 is 52.0 Å². The summed E-state index contributed by atoms with van der Waals surface area (Å²) in [5.74, 6) is 1.26. The smallest absolute Gasteiger partial charge is 0.345 e. The van der Waals surface area contributed by atoms with Crippen LogP contribution in [0.2, 0.25) is 0 Å². The molecule has 6 aliphatic rings. The van der Waals surface area contributed by atoms with Crippen LogP contribution in [-0.2, 0) is 0 Å². The van der Waals surface area contributed by atoms with Gasteiger partial charge in [0.05, 0.1) is 33.8 Å². The van der Waals surface area contributed by atoms with Crippen molar-refractivity contribution >= 4 is 61.6 Å². The molecule has 3 aromatic carbocycles. The van der Waals surface area contributed by atoms with Gasteiger partial charge in [-0.1, -0.05) is 18.2 Å². The van der Waals surface area contributed by atoms with Gasteiger partial charge in [-0.3, -0.25) is 0 Å². The number of halogens is 1. The molecule has 6 aliphatic heterocycles. The summed E-state index contributed by atoms with van der Waals surface area (Å²) in [5.41, 5.74) is 6.91. The summed E-state index contributed by atoms with van der Waals surface area (Å²) in [4.78, 5) is 62.5. The molecule has 0 unspecified atom stereocenters. The van der Waals surface area contributed by atoms with Crippen LogP contribution in [0, 0.1) is 5.95 Å². The van der Waals surface area contributed by atoms with Crippen molar-refractivity contribution in [3.63, 3.8) is 0 Å². The summed E-state index contributed by atoms with van der Waals surface area (Å²) in [5, 5.41) is 9.23. The number of fused-ring (bicyclic) bond motifs is 3. The monoisotopic (exact) mass is 1150 g/mol. The summed E-state index contributed by atoms with van der Waals surface area (Å²) in [6.45, 7) is 14.7. The third-order valence-electron chi connectivity index (χ3n) is 16.9. The van der Waals surface area contributed by atoms with Gasteiger partial charge in [0.1, 0.15) is 28.4 Å². The van der Waals surface area contributed by atoms with E-state index in [0.29, 0.717) is 39.3 Å². The summed E-state index contributed by atoms with van der Waals surface area (Å²) in [6, 6.07) is 39.8. The lowest BCUT2D eigenvalue weighted by Crippen LogP contribution is -2.43. The number of hydrogen-bond acceptors (Lipinski definition) is 16. The molecule has 9 aromatic rings. The number of piperidine rings is 2. The van der Waals surface area contributed by atoms with Crippen LogP contribution in [0.5, 0.6) is 0 Å². The Bertz CT molecular complexity index is 3750. The highest BCUT2D eigenvalue weighted by molar-refractivity contribution is 5.86. The molecule has 6 saturated heterocycles. The first-order valence-electron chi connectivity index (χ1n) is 30.7. The molecule has 16 nitrogen and oxygen atoms in total. The van der Waals surface area contributed by atoms with Crippen molar-refractivity contribution in [1.82, 2.24) is 25.6 Å². The van der Waals surface area contributed by atoms with Crippen LogP contribution in [0.1, 0.15) is 77.0 Å². The average Bonchev–Trinajstić information content (AvgIpc) is 4.24. The number of benzene rings is 3. The van der Waals surface area contributed by atoms with E-state index >= 15 is 0 Å². The first kappa shape index (κ1) is 57.0. The van der Waals surface area contributed by atoms with Gasteiger partial charge in [-0.15, -0.1) is 0 Å². The molecule has 2 N–H and O–H groups in total. The van der Waals surface area contributed by atoms with Gasteiger partial charge < -0.3 is 48.4 Å². The lowest BCUT2D eigenvalue weighted by atomic mass is 10.1. The molecule has 0 amide bonds. The van der Waals surface area contributed by atoms with Crippen LogP contribution >= 0.6 is 0 Å². The third-order valence-corrected chi connectivity index (χ3v) is 16.9. The predicted molar refractivity (Wildman–Crippen MR) is 339 cm³/mol. The Morgan fingerprint density at radius 3 is 1.06 bits per heavy atom. The molecule has 85 heavy (non-hydrogen) atoms. The molecule has 440 valence electrons. The van der Waals surface area contributed by atoms with Crippen molar-refractivity contribution in [1.29, 1.82) is 0 Å². The van der Waals surface area contributed by atoms with Crippen LogP contribution in [0.25, 0.3) is 66.7 Å². The Morgan fingerprint density at radius 1 is 0.341 bits per heavy atom. The molecule has 0 saturated carbocycles. The maximum atomic E-state index is 13.3. The molecule has 0 spiro atoms. The highest BCUT2D eigenvalue weighted by Gasteiger charge is 2.21. The standard InChI is InChI=1S/C23H25N3O2.C22H24N4O2.C19H17FN2O2.C4H9N/c27-23-19(20-7-6-8-22(24-20)26-13-4-5-14-26)15-17-9-10-18(16-21(17)28-23)25-11-2-1-3-12-25;27-22-18(19-4-3-5-21(24-19)26-10-1-2-11-26)14-16-6-7-17(15-20(16)28-22)25-12-8-23-9-13-25;20-18-6-4-5-16(21-18)15-11-13-7-8-14(12-17(13)24-19(15)23)22-9-2-1-3-10-22;1-2-4-5-3-1/h6-10,15-16H,1-5,11-14H2;3-7,14-15,23H,1-2,8-13H2;4-8,11-12H,1-3,9-10H2;5H,1-4H2. The molecular weight excluding hydrogens is 1070 g/mol. The topological polar surface area (TPSA) is 170 Å². The molecule has 6 aromatic heterocycles. The predicted octanol–water partition coefficient (Wildman–Crippen LogP) is 11.7. The van der Waals surface area contributed by atoms with Gasteiger partial charge in [-0.25, -0.2) is 29.3 Å². The molecular formula is C68H75FN10O6. The Hall–Kier alpha value is -8.41. The van der Waals surface area contributed by atoms with Crippen molar-refractivity contribution in [3.05, 3.63) is 165 Å². The summed E-state index contributed by atoms with van der Waals surface area (Å²) < 4.78 is 30.2. The van der Waals surface area contributed by atoms with E-state index in [0.717, 1.165) is 123 Å². The first-order valence-corrected chi connectivity index (χ1v) is 30.7. The molecule has 0 radical (unpaired) electrons. The average molecular weight is 1150 g/mol. The molecule has 0 bridgehead atoms. The van der Waals surface area contributed by atoms with Gasteiger partial charge in [-0.2, -0.15) is 4.39 Å².